The predicted octanol–water partition coefficient (Wildman–Crippen LogP) is 2.56. The molecule has 0 saturated heterocycles. The average molecular weight is 226 g/mol. The van der Waals surface area contributed by atoms with E-state index in [-0.39, 0.29) is 23.9 Å². The number of allylic oxidation sites excluding steroid dienone is 2. The number of carbonyl (C=O) groups is 2. The summed E-state index contributed by atoms with van der Waals surface area (Å²) in [6.07, 6.45) is 4.45. The van der Waals surface area contributed by atoms with Gasteiger partial charge < -0.3 is 0 Å². The summed E-state index contributed by atoms with van der Waals surface area (Å²) in [6.45, 7) is 0. The molecule has 1 fully saturated rings. The van der Waals surface area contributed by atoms with E-state index in [9.17, 15) is 9.59 Å². The maximum atomic E-state index is 11.9. The Labute approximate surface area is 100 Å². The molecule has 2 aliphatic rings. The molecule has 0 aromatic heterocycles. The summed E-state index contributed by atoms with van der Waals surface area (Å²) in [5.74, 6) is 0.152. The van der Waals surface area contributed by atoms with Gasteiger partial charge in [0.25, 0.3) is 0 Å². The molecule has 2 nitrogen and oxygen atoms in total. The first-order chi connectivity index (χ1) is 8.25. The van der Waals surface area contributed by atoms with Crippen LogP contribution < -0.4 is 0 Å². The smallest absolute Gasteiger partial charge is 0.147 e. The Morgan fingerprint density at radius 2 is 1.94 bits per heavy atom. The van der Waals surface area contributed by atoms with E-state index in [1.54, 1.807) is 0 Å². The second-order valence-corrected chi connectivity index (χ2v) is 4.79. The highest BCUT2D eigenvalue weighted by Gasteiger charge is 2.32. The number of carbonyl (C=O) groups excluding carboxylic acids is 2. The van der Waals surface area contributed by atoms with Crippen LogP contribution in [0.1, 0.15) is 30.4 Å². The van der Waals surface area contributed by atoms with Crippen LogP contribution in [0.5, 0.6) is 0 Å². The molecule has 1 unspecified atom stereocenters. The number of Topliss-reactive ketones (excluding diaryl/α,β-unsaturated/α-hetero) is 2. The SMILES string of the molecule is O=C1CCC(C2=CCc3ccccc32)C(=O)C1. The van der Waals surface area contributed by atoms with Crippen molar-refractivity contribution in [2.24, 2.45) is 5.92 Å². The Hall–Kier alpha value is -1.70. The summed E-state index contributed by atoms with van der Waals surface area (Å²) in [5.41, 5.74) is 3.66. The third-order valence-corrected chi connectivity index (χ3v) is 3.72. The van der Waals surface area contributed by atoms with Crippen LogP contribution in [0.2, 0.25) is 0 Å². The van der Waals surface area contributed by atoms with Crippen LogP contribution in [0.15, 0.2) is 30.3 Å². The lowest BCUT2D eigenvalue weighted by atomic mass is 9.80. The van der Waals surface area contributed by atoms with Crippen molar-refractivity contribution in [2.45, 2.75) is 25.7 Å². The van der Waals surface area contributed by atoms with Gasteiger partial charge in [0, 0.05) is 12.3 Å². The highest BCUT2D eigenvalue weighted by atomic mass is 16.1. The molecule has 1 aromatic carbocycles. The molecule has 0 aliphatic heterocycles. The van der Waals surface area contributed by atoms with Crippen LogP contribution >= 0.6 is 0 Å². The fourth-order valence-corrected chi connectivity index (χ4v) is 2.84. The summed E-state index contributed by atoms with van der Waals surface area (Å²) in [7, 11) is 0. The molecular weight excluding hydrogens is 212 g/mol. The first-order valence-corrected chi connectivity index (χ1v) is 6.08. The highest BCUT2D eigenvalue weighted by Crippen LogP contribution is 2.37. The van der Waals surface area contributed by atoms with Gasteiger partial charge >= 0.3 is 0 Å². The molecule has 2 aliphatic carbocycles. The van der Waals surface area contributed by atoms with Gasteiger partial charge in [-0.05, 0) is 29.5 Å². The number of hydrogen-bond acceptors (Lipinski definition) is 2. The maximum Gasteiger partial charge on any atom is 0.147 e. The number of hydrogen-bond donors (Lipinski definition) is 0. The van der Waals surface area contributed by atoms with Crippen molar-refractivity contribution in [3.05, 3.63) is 41.5 Å². The van der Waals surface area contributed by atoms with E-state index in [4.69, 9.17) is 0 Å². The molecular formula is C15H14O2. The molecule has 0 heterocycles. The number of benzene rings is 1. The first kappa shape index (κ1) is 10.5. The van der Waals surface area contributed by atoms with Gasteiger partial charge in [-0.25, -0.2) is 0 Å². The quantitative estimate of drug-likeness (QED) is 0.690. The van der Waals surface area contributed by atoms with E-state index in [1.807, 2.05) is 12.1 Å². The molecule has 17 heavy (non-hydrogen) atoms. The van der Waals surface area contributed by atoms with E-state index >= 15 is 0 Å². The van der Waals surface area contributed by atoms with Crippen molar-refractivity contribution >= 4 is 17.1 Å². The minimum Gasteiger partial charge on any atom is -0.299 e. The second-order valence-electron chi connectivity index (χ2n) is 4.79. The molecule has 0 radical (unpaired) electrons. The minimum absolute atomic E-state index is 0.0450. The average Bonchev–Trinajstić information content (AvgIpc) is 2.73. The highest BCUT2D eigenvalue weighted by molar-refractivity contribution is 6.07. The van der Waals surface area contributed by atoms with E-state index in [0.29, 0.717) is 12.8 Å². The van der Waals surface area contributed by atoms with Gasteiger partial charge in [-0.2, -0.15) is 0 Å². The molecule has 0 bridgehead atoms. The van der Waals surface area contributed by atoms with Crippen molar-refractivity contribution < 1.29 is 9.59 Å². The summed E-state index contributed by atoms with van der Waals surface area (Å²) < 4.78 is 0. The van der Waals surface area contributed by atoms with Crippen LogP contribution in [0.25, 0.3) is 5.57 Å². The van der Waals surface area contributed by atoms with E-state index < -0.39 is 0 Å². The van der Waals surface area contributed by atoms with Crippen molar-refractivity contribution in [3.8, 4) is 0 Å². The van der Waals surface area contributed by atoms with Crippen LogP contribution in [0.4, 0.5) is 0 Å². The Balaban J connectivity index is 1.92. The zero-order valence-electron chi connectivity index (χ0n) is 9.61. The van der Waals surface area contributed by atoms with E-state index in [1.165, 1.54) is 11.1 Å². The Kier molecular flexibility index (Phi) is 2.43. The Morgan fingerprint density at radius 3 is 2.76 bits per heavy atom. The topological polar surface area (TPSA) is 34.1 Å². The lowest BCUT2D eigenvalue weighted by Crippen LogP contribution is -2.25. The third kappa shape index (κ3) is 1.74. The summed E-state index contributed by atoms with van der Waals surface area (Å²) >= 11 is 0. The molecule has 0 spiro atoms. The lowest BCUT2D eigenvalue weighted by Gasteiger charge is -2.21. The molecule has 0 amide bonds. The van der Waals surface area contributed by atoms with Gasteiger partial charge in [-0.3, -0.25) is 9.59 Å². The monoisotopic (exact) mass is 226 g/mol. The van der Waals surface area contributed by atoms with Crippen molar-refractivity contribution in [2.75, 3.05) is 0 Å². The maximum absolute atomic E-state index is 11.9. The predicted molar refractivity (Wildman–Crippen MR) is 65.5 cm³/mol. The van der Waals surface area contributed by atoms with Gasteiger partial charge in [0.15, 0.2) is 0 Å². The molecule has 1 atom stereocenters. The van der Waals surface area contributed by atoms with Gasteiger partial charge in [0.05, 0.1) is 6.42 Å². The minimum atomic E-state index is -0.0450. The van der Waals surface area contributed by atoms with Crippen LogP contribution in [-0.4, -0.2) is 11.6 Å². The zero-order chi connectivity index (χ0) is 11.8. The molecule has 0 N–H and O–H groups in total. The standard InChI is InChI=1S/C15H14O2/c16-11-6-8-14(15(17)9-11)13-7-5-10-3-1-2-4-12(10)13/h1-4,7,14H,5-6,8-9H2. The van der Waals surface area contributed by atoms with Gasteiger partial charge in [0.1, 0.15) is 11.6 Å². The summed E-state index contributed by atoms with van der Waals surface area (Å²) in [5, 5.41) is 0. The molecule has 86 valence electrons. The van der Waals surface area contributed by atoms with Gasteiger partial charge in [0.2, 0.25) is 0 Å². The van der Waals surface area contributed by atoms with Crippen LogP contribution in [-0.2, 0) is 16.0 Å². The third-order valence-electron chi connectivity index (χ3n) is 3.72. The molecule has 1 aromatic rings. The fraction of sp³-hybridized carbons (Fsp3) is 0.333. The van der Waals surface area contributed by atoms with Gasteiger partial charge in [-0.1, -0.05) is 30.3 Å². The number of fused-ring (bicyclic) bond motifs is 1. The molecule has 1 saturated carbocycles. The molecule has 3 rings (SSSR count). The van der Waals surface area contributed by atoms with E-state index in [2.05, 4.69) is 18.2 Å². The Bertz CT molecular complexity index is 525. The summed E-state index contributed by atoms with van der Waals surface area (Å²) in [4.78, 5) is 23.2. The second kappa shape index (κ2) is 3.95. The zero-order valence-corrected chi connectivity index (χ0v) is 9.61. The normalized spacial score (nSPS) is 23.5. The van der Waals surface area contributed by atoms with Crippen LogP contribution in [0, 0.1) is 5.92 Å². The summed E-state index contributed by atoms with van der Waals surface area (Å²) in [6, 6.07) is 8.23. The van der Waals surface area contributed by atoms with Gasteiger partial charge in [-0.15, -0.1) is 0 Å². The molecule has 2 heteroatoms. The number of rotatable bonds is 1. The Morgan fingerprint density at radius 1 is 1.12 bits per heavy atom. The lowest BCUT2D eigenvalue weighted by molar-refractivity contribution is -0.131. The fourth-order valence-electron chi connectivity index (χ4n) is 2.84. The van der Waals surface area contributed by atoms with Crippen molar-refractivity contribution in [1.29, 1.82) is 0 Å². The largest absolute Gasteiger partial charge is 0.299 e. The van der Waals surface area contributed by atoms with E-state index in [0.717, 1.165) is 12.0 Å². The van der Waals surface area contributed by atoms with Crippen molar-refractivity contribution in [3.63, 3.8) is 0 Å². The first-order valence-electron chi connectivity index (χ1n) is 6.08. The van der Waals surface area contributed by atoms with Crippen LogP contribution in [0.3, 0.4) is 0 Å². The van der Waals surface area contributed by atoms with Crippen molar-refractivity contribution in [1.82, 2.24) is 0 Å². The number of ketones is 2.